The summed E-state index contributed by atoms with van der Waals surface area (Å²) in [5, 5.41) is 0. The van der Waals surface area contributed by atoms with Crippen LogP contribution in [0.5, 0.6) is 0 Å². The smallest absolute Gasteiger partial charge is 0.306 e. The lowest BCUT2D eigenvalue weighted by Crippen LogP contribution is -2.53. The highest BCUT2D eigenvalue weighted by Crippen LogP contribution is 2.66. The van der Waals surface area contributed by atoms with E-state index in [4.69, 9.17) is 4.74 Å². The summed E-state index contributed by atoms with van der Waals surface area (Å²) in [5.74, 6) is 4.37. The maximum Gasteiger partial charge on any atom is 0.306 e. The highest BCUT2D eigenvalue weighted by atomic mass is 16.5. The van der Waals surface area contributed by atoms with Gasteiger partial charge >= 0.3 is 5.97 Å². The second-order valence-electron chi connectivity index (χ2n) is 14.5. The molecule has 0 saturated heterocycles. The maximum absolute atomic E-state index is 13.8. The first-order valence-corrected chi connectivity index (χ1v) is 15.4. The minimum Gasteiger partial charge on any atom is -0.462 e. The van der Waals surface area contributed by atoms with E-state index >= 15 is 0 Å². The number of fused-ring (bicyclic) bond motifs is 5. The number of ketones is 1. The quantitative estimate of drug-likeness (QED) is 0.299. The van der Waals surface area contributed by atoms with Gasteiger partial charge in [0, 0.05) is 18.8 Å². The van der Waals surface area contributed by atoms with Gasteiger partial charge in [-0.2, -0.15) is 0 Å². The van der Waals surface area contributed by atoms with Crippen molar-refractivity contribution in [1.29, 1.82) is 0 Å². The number of ether oxygens (including phenoxy) is 1. The van der Waals surface area contributed by atoms with E-state index in [0.717, 1.165) is 43.4 Å². The van der Waals surface area contributed by atoms with Crippen molar-refractivity contribution in [3.05, 3.63) is 11.6 Å². The van der Waals surface area contributed by atoms with Crippen LogP contribution in [0.1, 0.15) is 126 Å². The molecule has 0 amide bonds. The molecule has 0 radical (unpaired) electrons. The van der Waals surface area contributed by atoms with Crippen molar-refractivity contribution >= 4 is 11.8 Å². The van der Waals surface area contributed by atoms with E-state index < -0.39 is 0 Å². The van der Waals surface area contributed by atoms with Crippen LogP contribution in [0.2, 0.25) is 0 Å². The van der Waals surface area contributed by atoms with Crippen LogP contribution in [0.4, 0.5) is 0 Å². The molecule has 0 aromatic heterocycles. The lowest BCUT2D eigenvalue weighted by molar-refractivity contribution is -0.152. The molecule has 204 valence electrons. The number of carbonyl (C=O) groups is 2. The summed E-state index contributed by atoms with van der Waals surface area (Å²) in [5.41, 5.74) is 1.70. The van der Waals surface area contributed by atoms with Gasteiger partial charge in [0.1, 0.15) is 6.10 Å². The van der Waals surface area contributed by atoms with Gasteiger partial charge in [0.05, 0.1) is 0 Å². The Labute approximate surface area is 221 Å². The zero-order chi connectivity index (χ0) is 26.3. The highest BCUT2D eigenvalue weighted by molar-refractivity contribution is 5.94. The van der Waals surface area contributed by atoms with Crippen LogP contribution in [0.3, 0.4) is 0 Å². The summed E-state index contributed by atoms with van der Waals surface area (Å²) in [7, 11) is 0. The van der Waals surface area contributed by atoms with Gasteiger partial charge in [0.15, 0.2) is 5.78 Å². The molecule has 0 aliphatic heterocycles. The van der Waals surface area contributed by atoms with Crippen LogP contribution in [-0.2, 0) is 14.3 Å². The largest absolute Gasteiger partial charge is 0.462 e. The molecule has 0 bridgehead atoms. The molecule has 0 heterocycles. The first-order valence-electron chi connectivity index (χ1n) is 15.4. The summed E-state index contributed by atoms with van der Waals surface area (Å²) in [6, 6.07) is 0. The molecule has 3 heteroatoms. The fourth-order valence-electron chi connectivity index (χ4n) is 9.14. The number of allylic oxidation sites excluding steroid dienone is 1. The van der Waals surface area contributed by atoms with Crippen molar-refractivity contribution in [3.8, 4) is 0 Å². The Morgan fingerprint density at radius 3 is 2.36 bits per heavy atom. The van der Waals surface area contributed by atoms with Gasteiger partial charge in [0.25, 0.3) is 0 Å². The van der Waals surface area contributed by atoms with Crippen molar-refractivity contribution in [2.24, 2.45) is 52.3 Å². The molecule has 3 saturated carbocycles. The summed E-state index contributed by atoms with van der Waals surface area (Å²) >= 11 is 0. The molecular weight excluding hydrogens is 444 g/mol. The van der Waals surface area contributed by atoms with Crippen molar-refractivity contribution in [2.45, 2.75) is 132 Å². The molecule has 0 aromatic carbocycles. The van der Waals surface area contributed by atoms with E-state index in [2.05, 4.69) is 48.5 Å². The van der Waals surface area contributed by atoms with Crippen LogP contribution in [-0.4, -0.2) is 17.9 Å². The molecule has 4 aliphatic carbocycles. The van der Waals surface area contributed by atoms with Crippen LogP contribution in [0.15, 0.2) is 11.6 Å². The fourth-order valence-corrected chi connectivity index (χ4v) is 9.14. The van der Waals surface area contributed by atoms with E-state index in [1.807, 2.05) is 6.08 Å². The predicted octanol–water partition coefficient (Wildman–Crippen LogP) is 8.55. The zero-order valence-corrected chi connectivity index (χ0v) is 24.4. The van der Waals surface area contributed by atoms with Crippen LogP contribution in [0, 0.1) is 52.3 Å². The average molecular weight is 499 g/mol. The van der Waals surface area contributed by atoms with Crippen molar-refractivity contribution in [3.63, 3.8) is 0 Å². The van der Waals surface area contributed by atoms with E-state index in [1.165, 1.54) is 50.5 Å². The summed E-state index contributed by atoms with van der Waals surface area (Å²) in [6.07, 6.45) is 15.1. The minimum absolute atomic E-state index is 0.0512. The summed E-state index contributed by atoms with van der Waals surface area (Å²) in [4.78, 5) is 26.1. The predicted molar refractivity (Wildman–Crippen MR) is 147 cm³/mol. The summed E-state index contributed by atoms with van der Waals surface area (Å²) in [6.45, 7) is 16.4. The third kappa shape index (κ3) is 5.37. The Kier molecular flexibility index (Phi) is 8.47. The molecule has 0 spiro atoms. The Balaban J connectivity index is 1.45. The number of esters is 1. The van der Waals surface area contributed by atoms with Crippen molar-refractivity contribution in [1.82, 2.24) is 0 Å². The molecule has 0 aromatic rings. The monoisotopic (exact) mass is 498 g/mol. The van der Waals surface area contributed by atoms with Gasteiger partial charge in [-0.15, -0.1) is 0 Å². The third-order valence-corrected chi connectivity index (χ3v) is 11.3. The van der Waals surface area contributed by atoms with Gasteiger partial charge in [-0.05, 0) is 97.4 Å². The first kappa shape index (κ1) is 27.9. The molecule has 36 heavy (non-hydrogen) atoms. The van der Waals surface area contributed by atoms with Gasteiger partial charge < -0.3 is 4.74 Å². The van der Waals surface area contributed by atoms with Crippen LogP contribution in [0.25, 0.3) is 0 Å². The topological polar surface area (TPSA) is 43.4 Å². The third-order valence-electron chi connectivity index (χ3n) is 11.3. The molecular formula is C33H54O3. The molecule has 3 nitrogen and oxygen atoms in total. The molecule has 4 aliphatic rings. The summed E-state index contributed by atoms with van der Waals surface area (Å²) < 4.78 is 5.89. The molecule has 0 N–H and O–H groups in total. The highest BCUT2D eigenvalue weighted by Gasteiger charge is 2.61. The lowest BCUT2D eigenvalue weighted by atomic mass is 9.46. The average Bonchev–Trinajstić information content (AvgIpc) is 3.15. The van der Waals surface area contributed by atoms with E-state index in [0.29, 0.717) is 35.4 Å². The van der Waals surface area contributed by atoms with Crippen molar-refractivity contribution in [2.75, 3.05) is 0 Å². The normalized spacial score (nSPS) is 38.9. The fraction of sp³-hybridized carbons (Fsp3) is 0.879. The SMILES string of the molecule is CC(C)CCC[C@H](C)[C@H]1CC[C@H]2[C@@H]3C(=O)C=C4C[C@H](OC(=O)CCC(C)C)CC[C@]4(C)[C@H]3CC[C@]12C. The van der Waals surface area contributed by atoms with Gasteiger partial charge in [-0.3, -0.25) is 9.59 Å². The standard InChI is InChI=1S/C33H54O3/c1-21(2)9-8-10-23(5)26-12-13-27-31-28(16-18-33(26,27)7)32(6)17-15-25(19-24(32)20-29(31)34)36-30(35)14-11-22(3)4/h20-23,25-28,31H,8-19H2,1-7H3/t23-,25+,26+,27-,28-,31-,32-,33+/m0/s1. The molecule has 3 fully saturated rings. The molecule has 8 atom stereocenters. The minimum atomic E-state index is -0.0640. The zero-order valence-electron chi connectivity index (χ0n) is 24.4. The first-order chi connectivity index (χ1) is 17.0. The second kappa shape index (κ2) is 10.9. The van der Waals surface area contributed by atoms with Gasteiger partial charge in [-0.25, -0.2) is 0 Å². The number of carbonyl (C=O) groups excluding carboxylic acids is 2. The Hall–Kier alpha value is -1.12. The van der Waals surface area contributed by atoms with E-state index in [-0.39, 0.29) is 23.4 Å². The van der Waals surface area contributed by atoms with Crippen LogP contribution >= 0.6 is 0 Å². The number of hydrogen-bond acceptors (Lipinski definition) is 3. The van der Waals surface area contributed by atoms with E-state index in [9.17, 15) is 9.59 Å². The van der Waals surface area contributed by atoms with Gasteiger partial charge in [-0.1, -0.05) is 73.3 Å². The second-order valence-corrected chi connectivity index (χ2v) is 14.5. The van der Waals surface area contributed by atoms with Crippen LogP contribution < -0.4 is 0 Å². The number of hydrogen-bond donors (Lipinski definition) is 0. The lowest BCUT2D eigenvalue weighted by Gasteiger charge is -2.57. The Morgan fingerprint density at radius 1 is 0.944 bits per heavy atom. The Bertz CT molecular complexity index is 840. The molecule has 0 unspecified atom stereocenters. The Morgan fingerprint density at radius 2 is 1.67 bits per heavy atom. The molecule has 4 rings (SSSR count). The van der Waals surface area contributed by atoms with Gasteiger partial charge in [0.2, 0.25) is 0 Å². The maximum atomic E-state index is 13.8. The van der Waals surface area contributed by atoms with Crippen molar-refractivity contribution < 1.29 is 14.3 Å². The van der Waals surface area contributed by atoms with E-state index in [1.54, 1.807) is 0 Å². The number of rotatable bonds is 9.